The number of carbonyl (C=O) groups is 1. The molecule has 2 fully saturated rings. The van der Waals surface area contributed by atoms with E-state index in [1.807, 2.05) is 30.3 Å². The Balaban J connectivity index is 1.47. The van der Waals surface area contributed by atoms with Gasteiger partial charge >= 0.3 is 6.03 Å². The van der Waals surface area contributed by atoms with Gasteiger partial charge in [-0.1, -0.05) is 18.2 Å². The third-order valence-electron chi connectivity index (χ3n) is 5.56. The van der Waals surface area contributed by atoms with E-state index in [0.29, 0.717) is 30.9 Å². The second-order valence-corrected chi connectivity index (χ2v) is 7.35. The number of aliphatic hydroxyl groups is 1. The van der Waals surface area contributed by atoms with E-state index in [1.54, 1.807) is 9.58 Å². The Hall–Kier alpha value is -2.56. The van der Waals surface area contributed by atoms with Crippen LogP contribution in [0.25, 0.3) is 0 Å². The van der Waals surface area contributed by atoms with Crippen molar-refractivity contribution in [2.75, 3.05) is 44.8 Å². The second-order valence-electron chi connectivity index (χ2n) is 7.35. The van der Waals surface area contributed by atoms with E-state index in [0.717, 1.165) is 32.8 Å². The van der Waals surface area contributed by atoms with Gasteiger partial charge in [-0.15, -0.1) is 5.10 Å². The number of tetrazole rings is 1. The van der Waals surface area contributed by atoms with Crippen LogP contribution in [0.2, 0.25) is 0 Å². The third-order valence-corrected chi connectivity index (χ3v) is 5.56. The van der Waals surface area contributed by atoms with Crippen molar-refractivity contribution < 1.29 is 14.6 Å². The summed E-state index contributed by atoms with van der Waals surface area (Å²) in [7, 11) is 0. The Morgan fingerprint density at radius 2 is 1.97 bits per heavy atom. The number of urea groups is 1. The summed E-state index contributed by atoms with van der Waals surface area (Å²) in [5.74, 6) is 0.664. The lowest BCUT2D eigenvalue weighted by atomic mass is 10.2. The van der Waals surface area contributed by atoms with Crippen molar-refractivity contribution >= 4 is 11.7 Å². The van der Waals surface area contributed by atoms with Gasteiger partial charge in [-0.3, -0.25) is 4.90 Å². The number of amides is 2. The van der Waals surface area contributed by atoms with Crippen molar-refractivity contribution in [1.82, 2.24) is 30.0 Å². The number of likely N-dealkylation sites (tertiary alicyclic amines) is 1. The SMILES string of the molecule is O=C(Nc1ccccc1)N1[C@H](CO)CC[C@@H]1c1nnnn1CCN1CCOCC1. The Labute approximate surface area is 169 Å². The zero-order chi connectivity index (χ0) is 20.1. The summed E-state index contributed by atoms with van der Waals surface area (Å²) in [4.78, 5) is 17.0. The van der Waals surface area contributed by atoms with Crippen molar-refractivity contribution in [2.24, 2.45) is 0 Å². The summed E-state index contributed by atoms with van der Waals surface area (Å²) < 4.78 is 7.17. The maximum absolute atomic E-state index is 13.0. The molecule has 1 aromatic heterocycles. The number of anilines is 1. The summed E-state index contributed by atoms with van der Waals surface area (Å²) in [6.07, 6.45) is 1.42. The van der Waals surface area contributed by atoms with Crippen LogP contribution in [0.15, 0.2) is 30.3 Å². The standard InChI is InChI=1S/C19H27N7O3/c27-14-16-6-7-17(26(16)19(28)20-15-4-2-1-3-5-15)18-21-22-23-25(18)9-8-24-10-12-29-13-11-24/h1-5,16-17,27H,6-14H2,(H,20,28)/t16-,17+/m0/s1. The minimum atomic E-state index is -0.268. The monoisotopic (exact) mass is 401 g/mol. The molecule has 0 unspecified atom stereocenters. The predicted octanol–water partition coefficient (Wildman–Crippen LogP) is 0.735. The molecule has 2 N–H and O–H groups in total. The quantitative estimate of drug-likeness (QED) is 0.735. The van der Waals surface area contributed by atoms with E-state index in [1.165, 1.54) is 0 Å². The van der Waals surface area contributed by atoms with E-state index in [-0.39, 0.29) is 24.7 Å². The van der Waals surface area contributed by atoms with Gasteiger partial charge in [-0.05, 0) is 35.4 Å². The average molecular weight is 401 g/mol. The minimum absolute atomic E-state index is 0.0892. The number of aliphatic hydroxyl groups excluding tert-OH is 1. The predicted molar refractivity (Wildman–Crippen MR) is 105 cm³/mol. The Kier molecular flexibility index (Phi) is 6.33. The molecule has 10 heteroatoms. The summed E-state index contributed by atoms with van der Waals surface area (Å²) in [6.45, 7) is 4.68. The van der Waals surface area contributed by atoms with E-state index in [2.05, 4.69) is 25.7 Å². The highest BCUT2D eigenvalue weighted by Crippen LogP contribution is 2.35. The molecule has 0 bridgehead atoms. The molecular formula is C19H27N7O3. The number of hydrogen-bond acceptors (Lipinski definition) is 7. The summed E-state index contributed by atoms with van der Waals surface area (Å²) >= 11 is 0. The topological polar surface area (TPSA) is 109 Å². The average Bonchev–Trinajstić information content (AvgIpc) is 3.40. The molecule has 29 heavy (non-hydrogen) atoms. The molecule has 0 radical (unpaired) electrons. The molecule has 156 valence electrons. The van der Waals surface area contributed by atoms with Crippen molar-refractivity contribution in [3.8, 4) is 0 Å². The Morgan fingerprint density at radius 1 is 1.17 bits per heavy atom. The minimum Gasteiger partial charge on any atom is -0.394 e. The number of morpholine rings is 1. The number of nitrogens with one attached hydrogen (secondary N) is 1. The fourth-order valence-electron chi connectivity index (χ4n) is 4.00. The number of ether oxygens (including phenoxy) is 1. The van der Waals surface area contributed by atoms with Crippen LogP contribution in [0.5, 0.6) is 0 Å². The molecular weight excluding hydrogens is 374 g/mol. The van der Waals surface area contributed by atoms with Gasteiger partial charge in [0, 0.05) is 25.3 Å². The second kappa shape index (κ2) is 9.29. The van der Waals surface area contributed by atoms with Crippen LogP contribution in [0.4, 0.5) is 10.5 Å². The Morgan fingerprint density at radius 3 is 2.72 bits per heavy atom. The number of carbonyl (C=O) groups excluding carboxylic acids is 1. The van der Waals surface area contributed by atoms with Crippen molar-refractivity contribution in [2.45, 2.75) is 31.5 Å². The Bertz CT molecular complexity index is 794. The van der Waals surface area contributed by atoms with Gasteiger partial charge in [0.1, 0.15) is 0 Å². The van der Waals surface area contributed by atoms with Crippen LogP contribution >= 0.6 is 0 Å². The molecule has 0 saturated carbocycles. The number of rotatable bonds is 6. The van der Waals surface area contributed by atoms with Crippen molar-refractivity contribution in [3.63, 3.8) is 0 Å². The summed E-state index contributed by atoms with van der Waals surface area (Å²) in [5, 5.41) is 25.0. The van der Waals surface area contributed by atoms with Crippen molar-refractivity contribution in [3.05, 3.63) is 36.2 Å². The van der Waals surface area contributed by atoms with Gasteiger partial charge in [0.2, 0.25) is 0 Å². The molecule has 2 aliphatic rings. The molecule has 10 nitrogen and oxygen atoms in total. The molecule has 0 aliphatic carbocycles. The van der Waals surface area contributed by atoms with Gasteiger partial charge in [0.25, 0.3) is 0 Å². The van der Waals surface area contributed by atoms with Crippen LogP contribution in [-0.2, 0) is 11.3 Å². The van der Waals surface area contributed by atoms with Gasteiger partial charge in [-0.2, -0.15) is 0 Å². The van der Waals surface area contributed by atoms with Crippen LogP contribution in [0.1, 0.15) is 24.7 Å². The molecule has 2 atom stereocenters. The molecule has 2 aliphatic heterocycles. The molecule has 2 aromatic rings. The number of aromatic nitrogens is 4. The molecule has 1 aromatic carbocycles. The fraction of sp³-hybridized carbons (Fsp3) is 0.579. The lowest BCUT2D eigenvalue weighted by Crippen LogP contribution is -2.43. The zero-order valence-electron chi connectivity index (χ0n) is 16.4. The zero-order valence-corrected chi connectivity index (χ0v) is 16.4. The number of benzene rings is 1. The van der Waals surface area contributed by atoms with Crippen LogP contribution in [0.3, 0.4) is 0 Å². The van der Waals surface area contributed by atoms with Gasteiger partial charge in [0.15, 0.2) is 5.82 Å². The normalized spacial score (nSPS) is 22.7. The first-order valence-electron chi connectivity index (χ1n) is 10.1. The largest absolute Gasteiger partial charge is 0.394 e. The van der Waals surface area contributed by atoms with E-state index >= 15 is 0 Å². The first-order chi connectivity index (χ1) is 14.3. The summed E-state index contributed by atoms with van der Waals surface area (Å²) in [6, 6.07) is 8.53. The van der Waals surface area contributed by atoms with Gasteiger partial charge < -0.3 is 20.1 Å². The first-order valence-corrected chi connectivity index (χ1v) is 10.1. The van der Waals surface area contributed by atoms with E-state index < -0.39 is 0 Å². The molecule has 2 amide bonds. The van der Waals surface area contributed by atoms with E-state index in [9.17, 15) is 9.90 Å². The maximum atomic E-state index is 13.0. The lowest BCUT2D eigenvalue weighted by Gasteiger charge is -2.29. The molecule has 4 rings (SSSR count). The maximum Gasteiger partial charge on any atom is 0.322 e. The van der Waals surface area contributed by atoms with E-state index in [4.69, 9.17) is 4.74 Å². The number of para-hydroxylation sites is 1. The van der Waals surface area contributed by atoms with Crippen molar-refractivity contribution in [1.29, 1.82) is 0 Å². The van der Waals surface area contributed by atoms with Crippen LogP contribution < -0.4 is 5.32 Å². The third kappa shape index (κ3) is 4.55. The molecule has 2 saturated heterocycles. The highest BCUT2D eigenvalue weighted by Gasteiger charge is 2.40. The van der Waals surface area contributed by atoms with Gasteiger partial charge in [-0.25, -0.2) is 9.48 Å². The van der Waals surface area contributed by atoms with Gasteiger partial charge in [0.05, 0.1) is 38.4 Å². The molecule has 3 heterocycles. The highest BCUT2D eigenvalue weighted by molar-refractivity contribution is 5.90. The van der Waals surface area contributed by atoms with Crippen LogP contribution in [-0.4, -0.2) is 86.6 Å². The number of nitrogens with zero attached hydrogens (tertiary/aromatic N) is 6. The van der Waals surface area contributed by atoms with Crippen LogP contribution in [0, 0.1) is 0 Å². The molecule has 0 spiro atoms. The lowest BCUT2D eigenvalue weighted by molar-refractivity contribution is 0.0356. The summed E-state index contributed by atoms with van der Waals surface area (Å²) in [5.41, 5.74) is 0.715. The fourth-order valence-corrected chi connectivity index (χ4v) is 4.00. The highest BCUT2D eigenvalue weighted by atomic mass is 16.5. The smallest absolute Gasteiger partial charge is 0.322 e. The number of hydrogen-bond donors (Lipinski definition) is 2. The first kappa shape index (κ1) is 19.7.